The molecule has 144 valence electrons. The van der Waals surface area contributed by atoms with Crippen molar-refractivity contribution in [1.29, 1.82) is 0 Å². The molecule has 0 bridgehead atoms. The molecular formula is C19H22N2O5S. The van der Waals surface area contributed by atoms with Crippen LogP contribution >= 0.6 is 0 Å². The third-order valence-corrected chi connectivity index (χ3v) is 5.56. The summed E-state index contributed by atoms with van der Waals surface area (Å²) in [5, 5.41) is 2.60. The van der Waals surface area contributed by atoms with Crippen LogP contribution < -0.4 is 5.32 Å². The number of hydrogen-bond acceptors (Lipinski definition) is 5. The van der Waals surface area contributed by atoms with Crippen LogP contribution in [0.2, 0.25) is 0 Å². The number of benzene rings is 2. The molecule has 0 aliphatic rings. The Labute approximate surface area is 159 Å². The van der Waals surface area contributed by atoms with E-state index in [0.717, 1.165) is 15.4 Å². The molecule has 0 spiro atoms. The lowest BCUT2D eigenvalue weighted by Gasteiger charge is -2.16. The van der Waals surface area contributed by atoms with Crippen molar-refractivity contribution in [2.45, 2.75) is 18.7 Å². The van der Waals surface area contributed by atoms with Crippen molar-refractivity contribution >= 4 is 27.6 Å². The summed E-state index contributed by atoms with van der Waals surface area (Å²) in [7, 11) is -2.53. The molecule has 2 rings (SSSR count). The van der Waals surface area contributed by atoms with E-state index in [1.165, 1.54) is 19.2 Å². The number of esters is 1. The number of hydrogen-bond donors (Lipinski definition) is 1. The van der Waals surface area contributed by atoms with E-state index in [-0.39, 0.29) is 4.90 Å². The van der Waals surface area contributed by atoms with Crippen molar-refractivity contribution < 1.29 is 22.7 Å². The van der Waals surface area contributed by atoms with Gasteiger partial charge in [-0.2, -0.15) is 4.31 Å². The zero-order valence-corrected chi connectivity index (χ0v) is 16.2. The summed E-state index contributed by atoms with van der Waals surface area (Å²) >= 11 is 0. The monoisotopic (exact) mass is 390 g/mol. The summed E-state index contributed by atoms with van der Waals surface area (Å²) in [6, 6.07) is 13.5. The molecule has 0 aromatic heterocycles. The Morgan fingerprint density at radius 3 is 2.33 bits per heavy atom. The van der Waals surface area contributed by atoms with Gasteiger partial charge in [-0.1, -0.05) is 29.8 Å². The minimum Gasteiger partial charge on any atom is -0.455 e. The minimum absolute atomic E-state index is 0.0839. The highest BCUT2D eigenvalue weighted by molar-refractivity contribution is 7.89. The van der Waals surface area contributed by atoms with Crippen molar-refractivity contribution in [3.63, 3.8) is 0 Å². The van der Waals surface area contributed by atoms with E-state index >= 15 is 0 Å². The molecule has 0 fully saturated rings. The Morgan fingerprint density at radius 1 is 1.04 bits per heavy atom. The van der Waals surface area contributed by atoms with Crippen molar-refractivity contribution in [1.82, 2.24) is 4.31 Å². The fourth-order valence-electron chi connectivity index (χ4n) is 2.27. The first-order valence-corrected chi connectivity index (χ1v) is 9.67. The predicted molar refractivity (Wildman–Crippen MR) is 102 cm³/mol. The number of carbonyl (C=O) groups excluding carboxylic acids is 2. The summed E-state index contributed by atoms with van der Waals surface area (Å²) in [5.74, 6) is -1.31. The summed E-state index contributed by atoms with van der Waals surface area (Å²) in [4.78, 5) is 23.8. The van der Waals surface area contributed by atoms with E-state index in [2.05, 4.69) is 5.32 Å². The molecule has 1 amide bonds. The number of rotatable bonds is 7. The maximum atomic E-state index is 12.4. The number of amides is 1. The maximum absolute atomic E-state index is 12.4. The van der Waals surface area contributed by atoms with Gasteiger partial charge in [0.25, 0.3) is 5.91 Å². The molecule has 0 aliphatic heterocycles. The second-order valence-electron chi connectivity index (χ2n) is 6.15. The minimum atomic E-state index is -3.81. The van der Waals surface area contributed by atoms with Gasteiger partial charge >= 0.3 is 5.97 Å². The first-order chi connectivity index (χ1) is 12.7. The van der Waals surface area contributed by atoms with Crippen molar-refractivity contribution in [3.8, 4) is 0 Å². The van der Waals surface area contributed by atoms with Crippen LogP contribution in [-0.2, 0) is 24.3 Å². The van der Waals surface area contributed by atoms with Crippen LogP contribution in [0.15, 0.2) is 53.4 Å². The number of sulfonamides is 1. The number of likely N-dealkylation sites (N-methyl/N-ethyl adjacent to an activating group) is 1. The first kappa shape index (κ1) is 20.6. The summed E-state index contributed by atoms with van der Waals surface area (Å²) in [6.45, 7) is 2.75. The molecule has 8 heteroatoms. The molecule has 27 heavy (non-hydrogen) atoms. The molecule has 7 nitrogen and oxygen atoms in total. The molecule has 0 unspecified atom stereocenters. The first-order valence-electron chi connectivity index (χ1n) is 8.23. The molecule has 0 atom stereocenters. The molecule has 2 aromatic rings. The van der Waals surface area contributed by atoms with Crippen LogP contribution in [0.4, 0.5) is 5.69 Å². The normalized spacial score (nSPS) is 11.3. The Morgan fingerprint density at radius 2 is 1.70 bits per heavy atom. The number of ether oxygens (including phenoxy) is 1. The average molecular weight is 390 g/mol. The molecule has 0 aliphatic carbocycles. The fraction of sp³-hybridized carbons (Fsp3) is 0.263. The fourth-order valence-corrected chi connectivity index (χ4v) is 3.38. The third-order valence-electron chi connectivity index (χ3n) is 3.75. The molecule has 0 saturated carbocycles. The van der Waals surface area contributed by atoms with E-state index in [4.69, 9.17) is 4.74 Å². The van der Waals surface area contributed by atoms with Crippen LogP contribution in [0, 0.1) is 13.8 Å². The molecule has 1 N–H and O–H groups in total. The van der Waals surface area contributed by atoms with E-state index < -0.39 is 35.1 Å². The Kier molecular flexibility index (Phi) is 6.70. The van der Waals surface area contributed by atoms with Crippen LogP contribution in [-0.4, -0.2) is 44.8 Å². The number of aryl methyl sites for hydroxylation is 2. The zero-order chi connectivity index (χ0) is 20.0. The number of nitrogens with zero attached hydrogens (tertiary/aromatic N) is 1. The highest BCUT2D eigenvalue weighted by Crippen LogP contribution is 2.15. The third kappa shape index (κ3) is 5.90. The predicted octanol–water partition coefficient (Wildman–Crippen LogP) is 2.11. The van der Waals surface area contributed by atoms with Crippen molar-refractivity contribution in [2.24, 2.45) is 0 Å². The Hall–Kier alpha value is -2.71. The van der Waals surface area contributed by atoms with Gasteiger partial charge in [-0.3, -0.25) is 9.59 Å². The number of nitrogens with one attached hydrogen (secondary N) is 1. The quantitative estimate of drug-likeness (QED) is 0.731. The number of carbonyl (C=O) groups is 2. The van der Waals surface area contributed by atoms with E-state index in [0.29, 0.717) is 5.69 Å². The lowest BCUT2D eigenvalue weighted by molar-refractivity contribution is -0.147. The summed E-state index contributed by atoms with van der Waals surface area (Å²) in [5.41, 5.74) is 2.50. The van der Waals surface area contributed by atoms with Gasteiger partial charge < -0.3 is 10.1 Å². The smallest absolute Gasteiger partial charge is 0.321 e. The average Bonchev–Trinajstić information content (AvgIpc) is 2.60. The molecule has 0 saturated heterocycles. The second-order valence-corrected chi connectivity index (χ2v) is 8.20. The topological polar surface area (TPSA) is 92.8 Å². The van der Waals surface area contributed by atoms with Crippen molar-refractivity contribution in [2.75, 3.05) is 25.5 Å². The van der Waals surface area contributed by atoms with Crippen LogP contribution in [0.25, 0.3) is 0 Å². The van der Waals surface area contributed by atoms with Gasteiger partial charge in [0.1, 0.15) is 6.54 Å². The van der Waals surface area contributed by atoms with Gasteiger partial charge in [0.2, 0.25) is 10.0 Å². The summed E-state index contributed by atoms with van der Waals surface area (Å²) < 4.78 is 30.6. The van der Waals surface area contributed by atoms with E-state index in [1.54, 1.807) is 30.3 Å². The van der Waals surface area contributed by atoms with Crippen LogP contribution in [0.1, 0.15) is 11.1 Å². The zero-order valence-electron chi connectivity index (χ0n) is 15.4. The maximum Gasteiger partial charge on any atom is 0.321 e. The highest BCUT2D eigenvalue weighted by Gasteiger charge is 2.23. The highest BCUT2D eigenvalue weighted by atomic mass is 32.2. The van der Waals surface area contributed by atoms with Gasteiger partial charge in [0.15, 0.2) is 6.61 Å². The van der Waals surface area contributed by atoms with Gasteiger partial charge in [0.05, 0.1) is 4.90 Å². The second kappa shape index (κ2) is 8.79. The van der Waals surface area contributed by atoms with E-state index in [9.17, 15) is 18.0 Å². The Balaban J connectivity index is 1.87. The van der Waals surface area contributed by atoms with Gasteiger partial charge in [-0.25, -0.2) is 8.42 Å². The van der Waals surface area contributed by atoms with Gasteiger partial charge in [0, 0.05) is 12.7 Å². The molecular weight excluding hydrogens is 368 g/mol. The largest absolute Gasteiger partial charge is 0.455 e. The molecule has 0 heterocycles. The van der Waals surface area contributed by atoms with Crippen LogP contribution in [0.3, 0.4) is 0 Å². The van der Waals surface area contributed by atoms with E-state index in [1.807, 2.05) is 19.9 Å². The SMILES string of the molecule is Cc1ccc(S(=O)(=O)N(C)CC(=O)OCC(=O)Nc2cccc(C)c2)cc1. The summed E-state index contributed by atoms with van der Waals surface area (Å²) in [6.07, 6.45) is 0. The lowest BCUT2D eigenvalue weighted by atomic mass is 10.2. The van der Waals surface area contributed by atoms with Gasteiger partial charge in [-0.15, -0.1) is 0 Å². The number of anilines is 1. The van der Waals surface area contributed by atoms with Crippen LogP contribution in [0.5, 0.6) is 0 Å². The standard InChI is InChI=1S/C19H22N2O5S/c1-14-7-9-17(10-8-14)27(24,25)21(3)12-19(23)26-13-18(22)20-16-6-4-5-15(2)11-16/h4-11H,12-13H2,1-3H3,(H,20,22). The lowest BCUT2D eigenvalue weighted by Crippen LogP contribution is -2.34. The van der Waals surface area contributed by atoms with Gasteiger partial charge in [-0.05, 0) is 43.7 Å². The Bertz CT molecular complexity index is 923. The van der Waals surface area contributed by atoms with Crippen molar-refractivity contribution in [3.05, 3.63) is 59.7 Å². The molecule has 0 radical (unpaired) electrons. The molecule has 2 aromatic carbocycles.